The van der Waals surface area contributed by atoms with Crippen LogP contribution in [0.4, 0.5) is 5.82 Å². The minimum absolute atomic E-state index is 0.0587. The number of nitrogens with zero attached hydrogens (tertiary/aromatic N) is 4. The van der Waals surface area contributed by atoms with Crippen molar-refractivity contribution in [1.82, 2.24) is 14.9 Å². The van der Waals surface area contributed by atoms with E-state index in [1.807, 2.05) is 24.5 Å². The number of ketones is 1. The highest BCUT2D eigenvalue weighted by atomic mass is 16.1. The number of hydrogen-bond donors (Lipinski definition) is 0. The van der Waals surface area contributed by atoms with Crippen LogP contribution in [0.3, 0.4) is 0 Å². The fourth-order valence-electron chi connectivity index (χ4n) is 2.89. The lowest BCUT2D eigenvalue weighted by molar-refractivity contribution is 0.101. The Bertz CT molecular complexity index is 642. The molecular formula is C18H22N4O. The number of carbonyl (C=O) groups excluding carboxylic acids is 1. The summed E-state index contributed by atoms with van der Waals surface area (Å²) in [6, 6.07) is 7.97. The smallest absolute Gasteiger partial charge is 0.161 e. The molecule has 0 radical (unpaired) electrons. The number of carbonyl (C=O) groups is 1. The summed E-state index contributed by atoms with van der Waals surface area (Å²) in [6.45, 7) is 6.59. The molecular weight excluding hydrogens is 288 g/mol. The van der Waals surface area contributed by atoms with E-state index < -0.39 is 0 Å². The molecule has 5 heteroatoms. The van der Waals surface area contributed by atoms with Crippen LogP contribution in [-0.2, 0) is 6.54 Å². The molecule has 120 valence electrons. The van der Waals surface area contributed by atoms with Gasteiger partial charge >= 0.3 is 0 Å². The van der Waals surface area contributed by atoms with Crippen molar-refractivity contribution in [3.8, 4) is 0 Å². The van der Waals surface area contributed by atoms with Crippen LogP contribution in [-0.4, -0.2) is 46.8 Å². The van der Waals surface area contributed by atoms with Gasteiger partial charge in [0.1, 0.15) is 5.82 Å². The van der Waals surface area contributed by atoms with Crippen molar-refractivity contribution in [1.29, 1.82) is 0 Å². The van der Waals surface area contributed by atoms with Gasteiger partial charge in [-0.05, 0) is 43.2 Å². The van der Waals surface area contributed by atoms with Crippen LogP contribution in [0, 0.1) is 0 Å². The molecule has 2 aromatic rings. The largest absolute Gasteiger partial charge is 0.355 e. The Kier molecular flexibility index (Phi) is 4.98. The average molecular weight is 310 g/mol. The first kappa shape index (κ1) is 15.6. The zero-order chi connectivity index (χ0) is 16.1. The summed E-state index contributed by atoms with van der Waals surface area (Å²) in [4.78, 5) is 24.6. The summed E-state index contributed by atoms with van der Waals surface area (Å²) in [5.74, 6) is 1.02. The summed E-state index contributed by atoms with van der Waals surface area (Å²) in [7, 11) is 0. The number of rotatable bonds is 4. The molecule has 0 unspecified atom stereocenters. The first-order valence-corrected chi connectivity index (χ1v) is 8.05. The molecule has 0 saturated carbocycles. The Morgan fingerprint density at radius 3 is 2.61 bits per heavy atom. The third-order valence-corrected chi connectivity index (χ3v) is 4.22. The van der Waals surface area contributed by atoms with E-state index >= 15 is 0 Å². The van der Waals surface area contributed by atoms with E-state index in [1.165, 1.54) is 5.56 Å². The summed E-state index contributed by atoms with van der Waals surface area (Å²) >= 11 is 0. The second-order valence-corrected chi connectivity index (χ2v) is 5.93. The maximum atomic E-state index is 11.3. The van der Waals surface area contributed by atoms with Crippen LogP contribution in [0.1, 0.15) is 29.3 Å². The molecule has 0 atom stereocenters. The van der Waals surface area contributed by atoms with Crippen molar-refractivity contribution in [2.45, 2.75) is 19.9 Å². The van der Waals surface area contributed by atoms with E-state index in [0.29, 0.717) is 5.56 Å². The van der Waals surface area contributed by atoms with E-state index in [0.717, 1.165) is 45.0 Å². The normalized spacial score (nSPS) is 16.1. The van der Waals surface area contributed by atoms with Gasteiger partial charge in [-0.3, -0.25) is 14.7 Å². The van der Waals surface area contributed by atoms with E-state index in [2.05, 4.69) is 31.9 Å². The fraction of sp³-hybridized carbons (Fsp3) is 0.389. The van der Waals surface area contributed by atoms with Crippen LogP contribution in [0.15, 0.2) is 42.9 Å². The van der Waals surface area contributed by atoms with Crippen LogP contribution in [0.5, 0.6) is 0 Å². The van der Waals surface area contributed by atoms with Gasteiger partial charge < -0.3 is 4.90 Å². The Labute approximate surface area is 137 Å². The van der Waals surface area contributed by atoms with Crippen molar-refractivity contribution in [2.24, 2.45) is 0 Å². The molecule has 3 rings (SSSR count). The minimum atomic E-state index is 0.0587. The summed E-state index contributed by atoms with van der Waals surface area (Å²) in [6.07, 6.45) is 6.48. The highest BCUT2D eigenvalue weighted by Gasteiger charge is 2.16. The molecule has 1 saturated heterocycles. The molecule has 0 amide bonds. The topological polar surface area (TPSA) is 49.3 Å². The Morgan fingerprint density at radius 1 is 1.09 bits per heavy atom. The zero-order valence-electron chi connectivity index (χ0n) is 13.5. The number of aromatic nitrogens is 2. The molecule has 0 spiro atoms. The van der Waals surface area contributed by atoms with E-state index in [4.69, 9.17) is 0 Å². The van der Waals surface area contributed by atoms with Gasteiger partial charge in [0, 0.05) is 56.9 Å². The maximum Gasteiger partial charge on any atom is 0.161 e. The van der Waals surface area contributed by atoms with Gasteiger partial charge in [0.25, 0.3) is 0 Å². The van der Waals surface area contributed by atoms with Crippen molar-refractivity contribution in [3.05, 3.63) is 54.0 Å². The molecule has 2 aromatic heterocycles. The predicted molar refractivity (Wildman–Crippen MR) is 90.6 cm³/mol. The van der Waals surface area contributed by atoms with Gasteiger partial charge in [0.05, 0.1) is 0 Å². The van der Waals surface area contributed by atoms with E-state index in [1.54, 1.807) is 13.1 Å². The average Bonchev–Trinajstić information content (AvgIpc) is 2.81. The Morgan fingerprint density at radius 2 is 1.91 bits per heavy atom. The first-order chi connectivity index (χ1) is 11.2. The van der Waals surface area contributed by atoms with Crippen molar-refractivity contribution in [2.75, 3.05) is 31.1 Å². The van der Waals surface area contributed by atoms with Crippen molar-refractivity contribution < 1.29 is 4.79 Å². The molecule has 0 aliphatic carbocycles. The van der Waals surface area contributed by atoms with Gasteiger partial charge in [-0.1, -0.05) is 0 Å². The molecule has 0 N–H and O–H groups in total. The molecule has 1 aliphatic heterocycles. The number of anilines is 1. The predicted octanol–water partition coefficient (Wildman–Crippen LogP) is 2.39. The zero-order valence-corrected chi connectivity index (χ0v) is 13.5. The summed E-state index contributed by atoms with van der Waals surface area (Å²) in [5, 5.41) is 0. The molecule has 3 heterocycles. The van der Waals surface area contributed by atoms with E-state index in [-0.39, 0.29) is 5.78 Å². The van der Waals surface area contributed by atoms with Crippen LogP contribution >= 0.6 is 0 Å². The monoisotopic (exact) mass is 310 g/mol. The van der Waals surface area contributed by atoms with Gasteiger partial charge in [-0.15, -0.1) is 0 Å². The van der Waals surface area contributed by atoms with Crippen LogP contribution in [0.25, 0.3) is 0 Å². The molecule has 1 fully saturated rings. The number of Topliss-reactive ketones (excluding diaryl/α,β-unsaturated/α-hetero) is 1. The summed E-state index contributed by atoms with van der Waals surface area (Å²) in [5.41, 5.74) is 1.97. The molecule has 0 bridgehead atoms. The van der Waals surface area contributed by atoms with Crippen LogP contribution < -0.4 is 4.90 Å². The molecule has 1 aliphatic rings. The molecule has 5 nitrogen and oxygen atoms in total. The van der Waals surface area contributed by atoms with Gasteiger partial charge in [0.15, 0.2) is 5.78 Å². The third-order valence-electron chi connectivity index (χ3n) is 4.22. The van der Waals surface area contributed by atoms with Gasteiger partial charge in [-0.25, -0.2) is 4.98 Å². The number of hydrogen-bond acceptors (Lipinski definition) is 5. The Balaban J connectivity index is 1.60. The second kappa shape index (κ2) is 7.33. The SMILES string of the molecule is CC(=O)c1ccc(N2CCCN(Cc3ccncc3)CC2)nc1. The van der Waals surface area contributed by atoms with Crippen LogP contribution in [0.2, 0.25) is 0 Å². The molecule has 0 aromatic carbocycles. The lowest BCUT2D eigenvalue weighted by Crippen LogP contribution is -2.31. The third kappa shape index (κ3) is 4.13. The van der Waals surface area contributed by atoms with Gasteiger partial charge in [-0.2, -0.15) is 0 Å². The van der Waals surface area contributed by atoms with Gasteiger partial charge in [0.2, 0.25) is 0 Å². The quantitative estimate of drug-likeness (QED) is 0.812. The maximum absolute atomic E-state index is 11.3. The highest BCUT2D eigenvalue weighted by molar-refractivity contribution is 5.93. The standard InChI is InChI=1S/C18H22N4O/c1-15(23)17-3-4-18(20-13-17)22-10-2-9-21(11-12-22)14-16-5-7-19-8-6-16/h3-8,13H,2,9-12,14H2,1H3. The minimum Gasteiger partial charge on any atom is -0.355 e. The lowest BCUT2D eigenvalue weighted by Gasteiger charge is -2.22. The van der Waals surface area contributed by atoms with Crippen molar-refractivity contribution >= 4 is 11.6 Å². The first-order valence-electron chi connectivity index (χ1n) is 8.05. The van der Waals surface area contributed by atoms with E-state index in [9.17, 15) is 4.79 Å². The Hall–Kier alpha value is -2.27. The fourth-order valence-corrected chi connectivity index (χ4v) is 2.89. The second-order valence-electron chi connectivity index (χ2n) is 5.93. The summed E-state index contributed by atoms with van der Waals surface area (Å²) < 4.78 is 0. The highest BCUT2D eigenvalue weighted by Crippen LogP contribution is 2.15. The molecule has 23 heavy (non-hydrogen) atoms. The van der Waals surface area contributed by atoms with Crippen molar-refractivity contribution in [3.63, 3.8) is 0 Å². The lowest BCUT2D eigenvalue weighted by atomic mass is 10.2. The number of pyridine rings is 2.